The second-order valence-corrected chi connectivity index (χ2v) is 6.45. The van der Waals surface area contributed by atoms with E-state index in [0.717, 1.165) is 25.1 Å². The summed E-state index contributed by atoms with van der Waals surface area (Å²) in [6.45, 7) is 0.755. The second kappa shape index (κ2) is 7.04. The summed E-state index contributed by atoms with van der Waals surface area (Å²) in [4.78, 5) is 4.06. The quantitative estimate of drug-likeness (QED) is 0.831. The van der Waals surface area contributed by atoms with Gasteiger partial charge in [-0.25, -0.2) is 4.39 Å². The van der Waals surface area contributed by atoms with Crippen molar-refractivity contribution in [2.75, 3.05) is 11.9 Å². The third-order valence-corrected chi connectivity index (χ3v) is 4.77. The Morgan fingerprint density at radius 1 is 1.17 bits per heavy atom. The van der Waals surface area contributed by atoms with Crippen molar-refractivity contribution in [2.45, 2.75) is 31.1 Å². The molecular formula is C18H20FN3S. The van der Waals surface area contributed by atoms with Gasteiger partial charge in [0.1, 0.15) is 5.82 Å². The predicted molar refractivity (Wildman–Crippen MR) is 95.0 cm³/mol. The van der Waals surface area contributed by atoms with Gasteiger partial charge in [0.05, 0.1) is 11.9 Å². The van der Waals surface area contributed by atoms with E-state index in [9.17, 15) is 4.39 Å². The largest absolute Gasteiger partial charge is 0.362 e. The molecule has 3 rings (SSSR count). The first kappa shape index (κ1) is 15.9. The van der Waals surface area contributed by atoms with Crippen LogP contribution in [-0.4, -0.2) is 16.6 Å². The maximum atomic E-state index is 13.2. The summed E-state index contributed by atoms with van der Waals surface area (Å²) < 4.78 is 13.2. The molecule has 1 aliphatic carbocycles. The average Bonchev–Trinajstić information content (AvgIpc) is 3.05. The highest BCUT2D eigenvalue weighted by molar-refractivity contribution is 7.80. The molecule has 0 spiro atoms. The summed E-state index contributed by atoms with van der Waals surface area (Å²) in [5.74, 6) is -0.191. The van der Waals surface area contributed by atoms with Gasteiger partial charge in [-0.05, 0) is 54.9 Å². The molecule has 23 heavy (non-hydrogen) atoms. The third kappa shape index (κ3) is 3.85. The molecule has 3 nitrogen and oxygen atoms in total. The zero-order chi connectivity index (χ0) is 16.1. The molecule has 0 atom stereocenters. The highest BCUT2D eigenvalue weighted by Crippen LogP contribution is 2.40. The number of benzene rings is 1. The zero-order valence-corrected chi connectivity index (χ0v) is 13.7. The Morgan fingerprint density at radius 2 is 1.91 bits per heavy atom. The maximum Gasteiger partial charge on any atom is 0.170 e. The standard InChI is InChI=1S/C18H20FN3S/c19-15-7-5-14(6-8-15)18(9-1-2-10-18)13-21-17(23)22-16-4-3-11-20-12-16/h3-8,11-12H,1-2,9-10,13H2,(H2,21,22,23). The highest BCUT2D eigenvalue weighted by atomic mass is 32.1. The first-order valence-corrected chi connectivity index (χ1v) is 8.30. The van der Waals surface area contributed by atoms with Crippen molar-refractivity contribution in [3.05, 3.63) is 60.2 Å². The van der Waals surface area contributed by atoms with Crippen LogP contribution < -0.4 is 10.6 Å². The summed E-state index contributed by atoms with van der Waals surface area (Å²) in [7, 11) is 0. The number of thiocarbonyl (C=S) groups is 1. The van der Waals surface area contributed by atoms with Crippen LogP contribution in [0.15, 0.2) is 48.8 Å². The van der Waals surface area contributed by atoms with Crippen molar-refractivity contribution >= 4 is 23.0 Å². The lowest BCUT2D eigenvalue weighted by Gasteiger charge is -2.30. The van der Waals surface area contributed by atoms with Crippen molar-refractivity contribution in [3.8, 4) is 0 Å². The monoisotopic (exact) mass is 329 g/mol. The van der Waals surface area contributed by atoms with Gasteiger partial charge in [-0.3, -0.25) is 4.98 Å². The van der Waals surface area contributed by atoms with Crippen molar-refractivity contribution in [2.24, 2.45) is 0 Å². The van der Waals surface area contributed by atoms with Gasteiger partial charge in [0.15, 0.2) is 5.11 Å². The number of halogens is 1. The molecule has 120 valence electrons. The Labute approximate surface area is 141 Å². The number of nitrogens with zero attached hydrogens (tertiary/aromatic N) is 1. The number of pyridine rings is 1. The lowest BCUT2D eigenvalue weighted by molar-refractivity contribution is 0.434. The number of hydrogen-bond acceptors (Lipinski definition) is 2. The van der Waals surface area contributed by atoms with Crippen molar-refractivity contribution in [1.82, 2.24) is 10.3 Å². The molecule has 0 amide bonds. The molecule has 2 N–H and O–H groups in total. The van der Waals surface area contributed by atoms with Crippen LogP contribution in [0.3, 0.4) is 0 Å². The van der Waals surface area contributed by atoms with Crippen molar-refractivity contribution < 1.29 is 4.39 Å². The van der Waals surface area contributed by atoms with E-state index >= 15 is 0 Å². The first-order chi connectivity index (χ1) is 11.2. The van der Waals surface area contributed by atoms with E-state index in [4.69, 9.17) is 12.2 Å². The minimum atomic E-state index is -0.191. The number of hydrogen-bond donors (Lipinski definition) is 2. The number of rotatable bonds is 4. The summed E-state index contributed by atoms with van der Waals surface area (Å²) in [6.07, 6.45) is 8.05. The van der Waals surface area contributed by atoms with Crippen molar-refractivity contribution in [3.63, 3.8) is 0 Å². The van der Waals surface area contributed by atoms with E-state index in [1.807, 2.05) is 24.3 Å². The lowest BCUT2D eigenvalue weighted by Crippen LogP contribution is -2.40. The van der Waals surface area contributed by atoms with Crippen molar-refractivity contribution in [1.29, 1.82) is 0 Å². The zero-order valence-electron chi connectivity index (χ0n) is 12.9. The highest BCUT2D eigenvalue weighted by Gasteiger charge is 2.35. The van der Waals surface area contributed by atoms with E-state index in [2.05, 4.69) is 15.6 Å². The smallest absolute Gasteiger partial charge is 0.170 e. The molecule has 0 saturated heterocycles. The van der Waals surface area contributed by atoms with Gasteiger partial charge in [0.2, 0.25) is 0 Å². The van der Waals surface area contributed by atoms with Crippen LogP contribution in [-0.2, 0) is 5.41 Å². The fourth-order valence-corrected chi connectivity index (χ4v) is 3.47. The molecule has 0 bridgehead atoms. The second-order valence-electron chi connectivity index (χ2n) is 6.04. The minimum absolute atomic E-state index is 0.0361. The van der Waals surface area contributed by atoms with Gasteiger partial charge < -0.3 is 10.6 Å². The molecule has 1 heterocycles. The third-order valence-electron chi connectivity index (χ3n) is 4.52. The predicted octanol–water partition coefficient (Wildman–Crippen LogP) is 4.02. The van der Waals surface area contributed by atoms with E-state index in [1.165, 1.54) is 18.4 Å². The molecule has 0 aliphatic heterocycles. The van der Waals surface area contributed by atoms with Gasteiger partial charge >= 0.3 is 0 Å². The van der Waals surface area contributed by atoms with Gasteiger partial charge in [-0.2, -0.15) is 0 Å². The fourth-order valence-electron chi connectivity index (χ4n) is 3.28. The van der Waals surface area contributed by atoms with Crippen LogP contribution in [0.1, 0.15) is 31.2 Å². The SMILES string of the molecule is Fc1ccc(C2(CNC(=S)Nc3cccnc3)CCCC2)cc1. The molecule has 1 aromatic carbocycles. The summed E-state index contributed by atoms with van der Waals surface area (Å²) in [5.41, 5.74) is 2.09. The Bertz CT molecular complexity index is 652. The van der Waals surface area contributed by atoms with Gasteiger partial charge in [0.25, 0.3) is 0 Å². The van der Waals surface area contributed by atoms with E-state index in [-0.39, 0.29) is 11.2 Å². The van der Waals surface area contributed by atoms with Crippen LogP contribution in [0.2, 0.25) is 0 Å². The topological polar surface area (TPSA) is 37.0 Å². The van der Waals surface area contributed by atoms with Crippen LogP contribution in [0, 0.1) is 5.82 Å². The van der Waals surface area contributed by atoms with E-state index < -0.39 is 0 Å². The molecule has 0 radical (unpaired) electrons. The number of aromatic nitrogens is 1. The Hall–Kier alpha value is -2.01. The molecule has 5 heteroatoms. The Morgan fingerprint density at radius 3 is 2.57 bits per heavy atom. The molecule has 0 unspecified atom stereocenters. The van der Waals surface area contributed by atoms with Crippen LogP contribution >= 0.6 is 12.2 Å². The minimum Gasteiger partial charge on any atom is -0.362 e. The Kier molecular flexibility index (Phi) is 4.86. The van der Waals surface area contributed by atoms with E-state index in [0.29, 0.717) is 5.11 Å². The first-order valence-electron chi connectivity index (χ1n) is 7.89. The molecule has 1 aliphatic rings. The van der Waals surface area contributed by atoms with Crippen LogP contribution in [0.25, 0.3) is 0 Å². The lowest BCUT2D eigenvalue weighted by atomic mass is 9.79. The maximum absolute atomic E-state index is 13.2. The summed E-state index contributed by atoms with van der Waals surface area (Å²) >= 11 is 5.38. The summed E-state index contributed by atoms with van der Waals surface area (Å²) in [6, 6.07) is 10.7. The van der Waals surface area contributed by atoms with Gasteiger partial charge in [-0.1, -0.05) is 25.0 Å². The normalized spacial score (nSPS) is 16.0. The number of anilines is 1. The molecule has 1 fully saturated rings. The fraction of sp³-hybridized carbons (Fsp3) is 0.333. The Balaban J connectivity index is 1.66. The molecule has 2 aromatic rings. The molecule has 1 saturated carbocycles. The molecule has 1 aromatic heterocycles. The van der Waals surface area contributed by atoms with E-state index in [1.54, 1.807) is 24.5 Å². The summed E-state index contributed by atoms with van der Waals surface area (Å²) in [5, 5.41) is 7.06. The van der Waals surface area contributed by atoms with Gasteiger partial charge in [0, 0.05) is 18.2 Å². The average molecular weight is 329 g/mol. The molecular weight excluding hydrogens is 309 g/mol. The van der Waals surface area contributed by atoms with Crippen LogP contribution in [0.4, 0.5) is 10.1 Å². The number of nitrogens with one attached hydrogen (secondary N) is 2. The van der Waals surface area contributed by atoms with Crippen LogP contribution in [0.5, 0.6) is 0 Å². The van der Waals surface area contributed by atoms with Gasteiger partial charge in [-0.15, -0.1) is 0 Å².